The van der Waals surface area contributed by atoms with Crippen LogP contribution in [0.2, 0.25) is 0 Å². The summed E-state index contributed by atoms with van der Waals surface area (Å²) in [4.78, 5) is 13.4. The largest absolute Gasteiger partial charge is 0.483 e. The first-order chi connectivity index (χ1) is 9.08. The Labute approximate surface area is 123 Å². The Morgan fingerprint density at radius 2 is 2.16 bits per heavy atom. The highest BCUT2D eigenvalue weighted by Crippen LogP contribution is 2.23. The predicted molar refractivity (Wildman–Crippen MR) is 80.3 cm³/mol. The summed E-state index contributed by atoms with van der Waals surface area (Å²) < 4.78 is 6.63. The minimum Gasteiger partial charge on any atom is -0.483 e. The van der Waals surface area contributed by atoms with E-state index in [2.05, 4.69) is 28.2 Å². The van der Waals surface area contributed by atoms with Gasteiger partial charge in [-0.1, -0.05) is 22.9 Å². The summed E-state index contributed by atoms with van der Waals surface area (Å²) in [6.07, 6.45) is 0. The van der Waals surface area contributed by atoms with Crippen LogP contribution in [0.25, 0.3) is 0 Å². The third-order valence-corrected chi connectivity index (χ3v) is 3.33. The SMILES string of the molecule is CCNCc1cc(Br)ccc1OCC(=O)N(C)CC. The molecular formula is C14H21BrN2O2. The molecule has 0 saturated heterocycles. The molecule has 0 aliphatic heterocycles. The fourth-order valence-electron chi connectivity index (χ4n) is 1.51. The monoisotopic (exact) mass is 328 g/mol. The summed E-state index contributed by atoms with van der Waals surface area (Å²) in [6, 6.07) is 5.81. The normalized spacial score (nSPS) is 10.3. The Kier molecular flexibility index (Phi) is 6.87. The minimum atomic E-state index is -0.0141. The Morgan fingerprint density at radius 3 is 2.79 bits per heavy atom. The van der Waals surface area contributed by atoms with Crippen molar-refractivity contribution in [2.75, 3.05) is 26.7 Å². The third-order valence-electron chi connectivity index (χ3n) is 2.84. The molecule has 0 aromatic heterocycles. The van der Waals surface area contributed by atoms with Gasteiger partial charge in [-0.05, 0) is 31.7 Å². The van der Waals surface area contributed by atoms with E-state index in [4.69, 9.17) is 4.74 Å². The van der Waals surface area contributed by atoms with E-state index in [9.17, 15) is 4.79 Å². The summed E-state index contributed by atoms with van der Waals surface area (Å²) in [7, 11) is 1.77. The highest BCUT2D eigenvalue weighted by atomic mass is 79.9. The maximum Gasteiger partial charge on any atom is 0.260 e. The van der Waals surface area contributed by atoms with Crippen LogP contribution in [0, 0.1) is 0 Å². The standard InChI is InChI=1S/C14H21BrN2O2/c1-4-16-9-11-8-12(15)6-7-13(11)19-10-14(18)17(3)5-2/h6-8,16H,4-5,9-10H2,1-3H3. The van der Waals surface area contributed by atoms with Crippen LogP contribution >= 0.6 is 15.9 Å². The number of ether oxygens (including phenoxy) is 1. The van der Waals surface area contributed by atoms with Crippen molar-refractivity contribution in [3.8, 4) is 5.75 Å². The molecule has 0 aliphatic rings. The molecular weight excluding hydrogens is 308 g/mol. The molecule has 0 fully saturated rings. The first-order valence-electron chi connectivity index (χ1n) is 6.44. The van der Waals surface area contributed by atoms with Crippen LogP contribution in [0.5, 0.6) is 5.75 Å². The molecule has 1 aromatic rings. The molecule has 1 N–H and O–H groups in total. The Morgan fingerprint density at radius 1 is 1.42 bits per heavy atom. The van der Waals surface area contributed by atoms with Crippen LogP contribution in [-0.2, 0) is 11.3 Å². The van der Waals surface area contributed by atoms with Gasteiger partial charge in [-0.3, -0.25) is 4.79 Å². The zero-order chi connectivity index (χ0) is 14.3. The third kappa shape index (κ3) is 5.20. The topological polar surface area (TPSA) is 41.6 Å². The van der Waals surface area contributed by atoms with Gasteiger partial charge < -0.3 is 15.0 Å². The van der Waals surface area contributed by atoms with Crippen molar-refractivity contribution in [2.45, 2.75) is 20.4 Å². The van der Waals surface area contributed by atoms with Gasteiger partial charge in [0.2, 0.25) is 0 Å². The molecule has 0 atom stereocenters. The van der Waals surface area contributed by atoms with Crippen molar-refractivity contribution in [3.63, 3.8) is 0 Å². The lowest BCUT2D eigenvalue weighted by atomic mass is 10.2. The van der Waals surface area contributed by atoms with Crippen molar-refractivity contribution in [1.82, 2.24) is 10.2 Å². The first kappa shape index (κ1) is 16.0. The Balaban J connectivity index is 2.68. The van der Waals surface area contributed by atoms with Gasteiger partial charge in [-0.15, -0.1) is 0 Å². The van der Waals surface area contributed by atoms with Crippen molar-refractivity contribution in [1.29, 1.82) is 0 Å². The summed E-state index contributed by atoms with van der Waals surface area (Å²) in [6.45, 7) is 6.37. The maximum absolute atomic E-state index is 11.7. The van der Waals surface area contributed by atoms with Gasteiger partial charge in [0.15, 0.2) is 6.61 Å². The number of amides is 1. The molecule has 0 spiro atoms. The van der Waals surface area contributed by atoms with E-state index in [1.54, 1.807) is 11.9 Å². The molecule has 106 valence electrons. The molecule has 0 aliphatic carbocycles. The van der Waals surface area contributed by atoms with E-state index >= 15 is 0 Å². The number of hydrogen-bond donors (Lipinski definition) is 1. The van der Waals surface area contributed by atoms with E-state index in [0.29, 0.717) is 6.54 Å². The van der Waals surface area contributed by atoms with E-state index < -0.39 is 0 Å². The average Bonchev–Trinajstić information content (AvgIpc) is 2.42. The molecule has 1 amide bonds. The number of rotatable bonds is 7. The summed E-state index contributed by atoms with van der Waals surface area (Å²) in [5, 5.41) is 3.26. The second kappa shape index (κ2) is 8.17. The fraction of sp³-hybridized carbons (Fsp3) is 0.500. The summed E-state index contributed by atoms with van der Waals surface area (Å²) in [5.41, 5.74) is 1.04. The molecule has 0 saturated carbocycles. The molecule has 0 bridgehead atoms. The van der Waals surface area contributed by atoms with Crippen LogP contribution in [0.15, 0.2) is 22.7 Å². The lowest BCUT2D eigenvalue weighted by Crippen LogP contribution is -2.31. The lowest BCUT2D eigenvalue weighted by molar-refractivity contribution is -0.131. The van der Waals surface area contributed by atoms with Crippen LogP contribution in [0.4, 0.5) is 0 Å². The predicted octanol–water partition coefficient (Wildman–Crippen LogP) is 2.42. The maximum atomic E-state index is 11.7. The molecule has 0 radical (unpaired) electrons. The minimum absolute atomic E-state index is 0.0141. The van der Waals surface area contributed by atoms with E-state index in [1.807, 2.05) is 25.1 Å². The highest BCUT2D eigenvalue weighted by Gasteiger charge is 2.10. The van der Waals surface area contributed by atoms with Gasteiger partial charge in [-0.2, -0.15) is 0 Å². The molecule has 0 unspecified atom stereocenters. The zero-order valence-electron chi connectivity index (χ0n) is 11.7. The number of nitrogens with zero attached hydrogens (tertiary/aromatic N) is 1. The Hall–Kier alpha value is -1.07. The van der Waals surface area contributed by atoms with Gasteiger partial charge in [-0.25, -0.2) is 0 Å². The zero-order valence-corrected chi connectivity index (χ0v) is 13.3. The van der Waals surface area contributed by atoms with Crippen molar-refractivity contribution >= 4 is 21.8 Å². The fourth-order valence-corrected chi connectivity index (χ4v) is 1.92. The molecule has 0 heterocycles. The van der Waals surface area contributed by atoms with E-state index in [-0.39, 0.29) is 12.5 Å². The van der Waals surface area contributed by atoms with Crippen LogP contribution in [0.1, 0.15) is 19.4 Å². The van der Waals surface area contributed by atoms with Gasteiger partial charge in [0.05, 0.1) is 0 Å². The first-order valence-corrected chi connectivity index (χ1v) is 7.23. The van der Waals surface area contributed by atoms with Crippen molar-refractivity contribution in [2.24, 2.45) is 0 Å². The molecule has 1 rings (SSSR count). The van der Waals surface area contributed by atoms with Crippen LogP contribution < -0.4 is 10.1 Å². The molecule has 1 aromatic carbocycles. The highest BCUT2D eigenvalue weighted by molar-refractivity contribution is 9.10. The van der Waals surface area contributed by atoms with Crippen molar-refractivity contribution in [3.05, 3.63) is 28.2 Å². The van der Waals surface area contributed by atoms with Crippen LogP contribution in [-0.4, -0.2) is 37.6 Å². The van der Waals surface area contributed by atoms with Gasteiger partial charge >= 0.3 is 0 Å². The Bertz CT molecular complexity index is 424. The smallest absolute Gasteiger partial charge is 0.260 e. The summed E-state index contributed by atoms with van der Waals surface area (Å²) in [5.74, 6) is 0.738. The number of likely N-dealkylation sites (N-methyl/N-ethyl adjacent to an activating group) is 1. The number of carbonyl (C=O) groups is 1. The quantitative estimate of drug-likeness (QED) is 0.835. The van der Waals surface area contributed by atoms with Gasteiger partial charge in [0, 0.05) is 30.2 Å². The van der Waals surface area contributed by atoms with Gasteiger partial charge in [0.25, 0.3) is 5.91 Å². The van der Waals surface area contributed by atoms with Gasteiger partial charge in [0.1, 0.15) is 5.75 Å². The van der Waals surface area contributed by atoms with Crippen LogP contribution in [0.3, 0.4) is 0 Å². The van der Waals surface area contributed by atoms with E-state index in [1.165, 1.54) is 0 Å². The number of carbonyl (C=O) groups excluding carboxylic acids is 1. The summed E-state index contributed by atoms with van der Waals surface area (Å²) >= 11 is 3.44. The number of benzene rings is 1. The van der Waals surface area contributed by atoms with E-state index in [0.717, 1.165) is 28.9 Å². The second-order valence-corrected chi connectivity index (χ2v) is 5.14. The molecule has 19 heavy (non-hydrogen) atoms. The number of hydrogen-bond acceptors (Lipinski definition) is 3. The van der Waals surface area contributed by atoms with Crippen molar-refractivity contribution < 1.29 is 9.53 Å². The number of halogens is 1. The lowest BCUT2D eigenvalue weighted by Gasteiger charge is -2.16. The molecule has 4 nitrogen and oxygen atoms in total. The molecule has 5 heteroatoms. The average molecular weight is 329 g/mol. The second-order valence-electron chi connectivity index (χ2n) is 4.23. The number of nitrogens with one attached hydrogen (secondary N) is 1.